The molecule has 1 aliphatic heterocycles. The minimum Gasteiger partial charge on any atom is -0.326 e. The third-order valence-electron chi connectivity index (χ3n) is 5.71. The summed E-state index contributed by atoms with van der Waals surface area (Å²) in [4.78, 5) is 27.3. The smallest absolute Gasteiger partial charge is 0.326 e. The van der Waals surface area contributed by atoms with Gasteiger partial charge >= 0.3 is 5.69 Å². The number of halogens is 1. The SMILES string of the molecule is Cn1c(=O)n(C)c2cc(NC(=O)C3CCCN(Cc4cccc(Br)c4)C3)ccc21. The predicted octanol–water partition coefficient (Wildman–Crippen LogP) is 3.49. The van der Waals surface area contributed by atoms with Crippen molar-refractivity contribution in [1.29, 1.82) is 0 Å². The van der Waals surface area contributed by atoms with Crippen molar-refractivity contribution < 1.29 is 4.79 Å². The number of amides is 1. The van der Waals surface area contributed by atoms with Gasteiger partial charge in [0.2, 0.25) is 5.91 Å². The maximum atomic E-state index is 12.9. The van der Waals surface area contributed by atoms with Gasteiger partial charge in [0, 0.05) is 37.3 Å². The van der Waals surface area contributed by atoms with Gasteiger partial charge < -0.3 is 5.32 Å². The molecule has 1 fully saturated rings. The van der Waals surface area contributed by atoms with Crippen LogP contribution in [0.5, 0.6) is 0 Å². The molecule has 1 saturated heterocycles. The molecule has 0 radical (unpaired) electrons. The fourth-order valence-electron chi connectivity index (χ4n) is 4.14. The zero-order chi connectivity index (χ0) is 20.5. The van der Waals surface area contributed by atoms with Crippen molar-refractivity contribution >= 4 is 38.6 Å². The summed E-state index contributed by atoms with van der Waals surface area (Å²) in [6, 6.07) is 13.9. The zero-order valence-corrected chi connectivity index (χ0v) is 18.3. The Balaban J connectivity index is 1.44. The van der Waals surface area contributed by atoms with E-state index in [-0.39, 0.29) is 17.5 Å². The summed E-state index contributed by atoms with van der Waals surface area (Å²) >= 11 is 3.52. The average Bonchev–Trinajstić information content (AvgIpc) is 2.92. The lowest BCUT2D eigenvalue weighted by Crippen LogP contribution is -2.40. The molecule has 1 atom stereocenters. The number of benzene rings is 2. The van der Waals surface area contributed by atoms with Gasteiger partial charge in [-0.15, -0.1) is 0 Å². The van der Waals surface area contributed by atoms with E-state index >= 15 is 0 Å². The summed E-state index contributed by atoms with van der Waals surface area (Å²) in [7, 11) is 3.50. The Hall–Kier alpha value is -2.38. The minimum absolute atomic E-state index is 0.0359. The van der Waals surface area contributed by atoms with E-state index in [4.69, 9.17) is 0 Å². The largest absolute Gasteiger partial charge is 0.328 e. The number of rotatable bonds is 4. The van der Waals surface area contributed by atoms with Gasteiger partial charge in [0.1, 0.15) is 0 Å². The topological polar surface area (TPSA) is 59.3 Å². The van der Waals surface area contributed by atoms with Crippen molar-refractivity contribution in [3.63, 3.8) is 0 Å². The van der Waals surface area contributed by atoms with E-state index < -0.39 is 0 Å². The molecular formula is C22H25BrN4O2. The van der Waals surface area contributed by atoms with Crippen LogP contribution in [-0.2, 0) is 25.4 Å². The summed E-state index contributed by atoms with van der Waals surface area (Å²) in [6.45, 7) is 2.61. The number of aromatic nitrogens is 2. The molecule has 152 valence electrons. The minimum atomic E-state index is -0.0704. The second-order valence-corrected chi connectivity index (χ2v) is 8.71. The number of nitrogens with one attached hydrogen (secondary N) is 1. The van der Waals surface area contributed by atoms with Crippen LogP contribution in [0.4, 0.5) is 5.69 Å². The van der Waals surface area contributed by atoms with Gasteiger partial charge in [0.05, 0.1) is 17.0 Å². The van der Waals surface area contributed by atoms with Gasteiger partial charge in [-0.2, -0.15) is 0 Å². The molecule has 1 aromatic heterocycles. The monoisotopic (exact) mass is 456 g/mol. The van der Waals surface area contributed by atoms with Crippen molar-refractivity contribution in [3.05, 3.63) is 63.0 Å². The Kier molecular flexibility index (Phi) is 5.61. The van der Waals surface area contributed by atoms with Gasteiger partial charge in [-0.3, -0.25) is 18.8 Å². The van der Waals surface area contributed by atoms with Crippen LogP contribution in [0.15, 0.2) is 51.7 Å². The van der Waals surface area contributed by atoms with Crippen molar-refractivity contribution in [2.24, 2.45) is 20.0 Å². The Morgan fingerprint density at radius 1 is 1.14 bits per heavy atom. The Morgan fingerprint density at radius 2 is 1.93 bits per heavy atom. The molecule has 3 aromatic rings. The third-order valence-corrected chi connectivity index (χ3v) is 6.20. The summed E-state index contributed by atoms with van der Waals surface area (Å²) in [5.41, 5.74) is 3.58. The number of anilines is 1. The first-order chi connectivity index (χ1) is 13.9. The first-order valence-corrected chi connectivity index (χ1v) is 10.6. The second kappa shape index (κ2) is 8.16. The number of aryl methyl sites for hydroxylation is 2. The Labute approximate surface area is 178 Å². The molecule has 2 heterocycles. The van der Waals surface area contributed by atoms with Gasteiger partial charge in [-0.25, -0.2) is 4.79 Å². The molecule has 29 heavy (non-hydrogen) atoms. The highest BCUT2D eigenvalue weighted by molar-refractivity contribution is 9.10. The van der Waals surface area contributed by atoms with Gasteiger partial charge in [0.25, 0.3) is 0 Å². The summed E-state index contributed by atoms with van der Waals surface area (Å²) < 4.78 is 4.29. The van der Waals surface area contributed by atoms with E-state index in [0.717, 1.165) is 53.7 Å². The molecule has 6 nitrogen and oxygen atoms in total. The number of nitrogens with zero attached hydrogens (tertiary/aromatic N) is 3. The predicted molar refractivity (Wildman–Crippen MR) is 119 cm³/mol. The first kappa shape index (κ1) is 19.9. The number of fused-ring (bicyclic) bond motifs is 1. The van der Waals surface area contributed by atoms with Crippen LogP contribution in [0.2, 0.25) is 0 Å². The normalized spacial score (nSPS) is 17.6. The molecule has 4 rings (SSSR count). The van der Waals surface area contributed by atoms with E-state index in [1.165, 1.54) is 5.56 Å². The summed E-state index contributed by atoms with van der Waals surface area (Å²) in [5, 5.41) is 3.06. The molecule has 1 unspecified atom stereocenters. The molecule has 0 aliphatic carbocycles. The van der Waals surface area contributed by atoms with Gasteiger partial charge in [0.15, 0.2) is 0 Å². The lowest BCUT2D eigenvalue weighted by atomic mass is 9.96. The number of carbonyl (C=O) groups is 1. The maximum absolute atomic E-state index is 12.9. The Morgan fingerprint density at radius 3 is 2.72 bits per heavy atom. The molecule has 7 heteroatoms. The van der Waals surface area contributed by atoms with Crippen LogP contribution < -0.4 is 11.0 Å². The molecular weight excluding hydrogens is 432 g/mol. The number of piperidine rings is 1. The maximum Gasteiger partial charge on any atom is 0.328 e. The second-order valence-electron chi connectivity index (χ2n) is 7.80. The quantitative estimate of drug-likeness (QED) is 0.653. The lowest BCUT2D eigenvalue weighted by Gasteiger charge is -2.32. The standard InChI is InChI=1S/C22H25BrN4O2/c1-25-19-9-8-18(12-20(19)26(2)22(25)29)24-21(28)16-6-4-10-27(14-16)13-15-5-3-7-17(23)11-15/h3,5,7-9,11-12,16H,4,6,10,13-14H2,1-2H3,(H,24,28). The molecule has 0 bridgehead atoms. The van der Waals surface area contributed by atoms with E-state index in [1.807, 2.05) is 30.3 Å². The molecule has 0 saturated carbocycles. The molecule has 0 spiro atoms. The zero-order valence-electron chi connectivity index (χ0n) is 16.7. The highest BCUT2D eigenvalue weighted by Gasteiger charge is 2.26. The Bertz CT molecular complexity index is 1120. The van der Waals surface area contributed by atoms with Gasteiger partial charge in [-0.05, 0) is 55.3 Å². The highest BCUT2D eigenvalue weighted by atomic mass is 79.9. The summed E-state index contributed by atoms with van der Waals surface area (Å²) in [6.07, 6.45) is 1.91. The highest BCUT2D eigenvalue weighted by Crippen LogP contribution is 2.23. The van der Waals surface area contributed by atoms with Crippen LogP contribution in [0.25, 0.3) is 11.0 Å². The number of carbonyl (C=O) groups excluding carboxylic acids is 1. The van der Waals surface area contributed by atoms with Crippen LogP contribution in [-0.4, -0.2) is 33.0 Å². The number of likely N-dealkylation sites (tertiary alicyclic amines) is 1. The van der Waals surface area contributed by atoms with Crippen LogP contribution in [0.3, 0.4) is 0 Å². The van der Waals surface area contributed by atoms with Crippen LogP contribution >= 0.6 is 15.9 Å². The van der Waals surface area contributed by atoms with Crippen molar-refractivity contribution in [2.75, 3.05) is 18.4 Å². The number of imidazole rings is 1. The molecule has 1 aliphatic rings. The van der Waals surface area contributed by atoms with E-state index in [9.17, 15) is 9.59 Å². The van der Waals surface area contributed by atoms with Crippen LogP contribution in [0.1, 0.15) is 18.4 Å². The first-order valence-electron chi connectivity index (χ1n) is 9.85. The molecule has 1 amide bonds. The van der Waals surface area contributed by atoms with Crippen molar-refractivity contribution in [1.82, 2.24) is 14.0 Å². The molecule has 2 aromatic carbocycles. The summed E-state index contributed by atoms with van der Waals surface area (Å²) in [5.74, 6) is 0.00964. The number of hydrogen-bond donors (Lipinski definition) is 1. The lowest BCUT2D eigenvalue weighted by molar-refractivity contribution is -0.121. The van der Waals surface area contributed by atoms with E-state index in [0.29, 0.717) is 0 Å². The fourth-order valence-corrected chi connectivity index (χ4v) is 4.58. The van der Waals surface area contributed by atoms with Gasteiger partial charge in [-0.1, -0.05) is 28.1 Å². The van der Waals surface area contributed by atoms with E-state index in [2.05, 4.69) is 38.3 Å². The number of hydrogen-bond acceptors (Lipinski definition) is 3. The van der Waals surface area contributed by atoms with Crippen LogP contribution in [0, 0.1) is 5.92 Å². The third kappa shape index (κ3) is 4.16. The average molecular weight is 457 g/mol. The fraction of sp³-hybridized carbons (Fsp3) is 0.364. The molecule has 1 N–H and O–H groups in total. The van der Waals surface area contributed by atoms with E-state index in [1.54, 1.807) is 23.2 Å². The van der Waals surface area contributed by atoms with Crippen molar-refractivity contribution in [2.45, 2.75) is 19.4 Å². The van der Waals surface area contributed by atoms with Crippen molar-refractivity contribution in [3.8, 4) is 0 Å².